The van der Waals surface area contributed by atoms with Crippen LogP contribution in [0.2, 0.25) is 0 Å². The Kier molecular flexibility index (Phi) is 3.71. The van der Waals surface area contributed by atoms with E-state index in [1.54, 1.807) is 12.1 Å². The number of nitrogens with one attached hydrogen (secondary N) is 1. The predicted octanol–water partition coefficient (Wildman–Crippen LogP) is 3.30. The second kappa shape index (κ2) is 5.52. The van der Waals surface area contributed by atoms with Crippen molar-refractivity contribution in [3.8, 4) is 0 Å². The summed E-state index contributed by atoms with van der Waals surface area (Å²) in [6, 6.07) is 6.16. The quantitative estimate of drug-likeness (QED) is 0.922. The first kappa shape index (κ1) is 14.1. The van der Waals surface area contributed by atoms with E-state index in [1.165, 1.54) is 23.5 Å². The van der Waals surface area contributed by atoms with E-state index in [4.69, 9.17) is 0 Å². The molecule has 0 unspecified atom stereocenters. The van der Waals surface area contributed by atoms with Crippen LogP contribution in [0.4, 0.5) is 9.52 Å². The van der Waals surface area contributed by atoms with Crippen molar-refractivity contribution in [3.63, 3.8) is 0 Å². The number of benzene rings is 1. The van der Waals surface area contributed by atoms with E-state index in [0.717, 1.165) is 36.3 Å². The van der Waals surface area contributed by atoms with Crippen LogP contribution in [0.25, 0.3) is 0 Å². The molecule has 0 spiro atoms. The van der Waals surface area contributed by atoms with Crippen LogP contribution in [0.15, 0.2) is 24.3 Å². The molecule has 0 atom stereocenters. The van der Waals surface area contributed by atoms with Gasteiger partial charge in [0.2, 0.25) is 11.0 Å². The molecule has 1 saturated carbocycles. The zero-order valence-electron chi connectivity index (χ0n) is 11.7. The summed E-state index contributed by atoms with van der Waals surface area (Å²) in [5, 5.41) is 12.4. The zero-order chi connectivity index (χ0) is 14.9. The minimum atomic E-state index is -0.524. The fraction of sp³-hybridized carbons (Fsp3) is 0.400. The van der Waals surface area contributed by atoms with Crippen LogP contribution in [0.5, 0.6) is 0 Å². The molecule has 4 nitrogen and oxygen atoms in total. The lowest BCUT2D eigenvalue weighted by Crippen LogP contribution is -2.27. The first-order valence-corrected chi connectivity index (χ1v) is 7.85. The van der Waals surface area contributed by atoms with Gasteiger partial charge in [0.05, 0.1) is 5.41 Å². The third-order valence-corrected chi connectivity index (χ3v) is 4.63. The summed E-state index contributed by atoms with van der Waals surface area (Å²) >= 11 is 1.41. The van der Waals surface area contributed by atoms with E-state index in [1.807, 2.05) is 0 Å². The second-order valence-corrected chi connectivity index (χ2v) is 6.36. The van der Waals surface area contributed by atoms with Gasteiger partial charge >= 0.3 is 0 Å². The highest BCUT2D eigenvalue weighted by molar-refractivity contribution is 7.15. The van der Waals surface area contributed by atoms with Crippen LogP contribution in [0.3, 0.4) is 0 Å². The van der Waals surface area contributed by atoms with Gasteiger partial charge in [-0.3, -0.25) is 10.1 Å². The standard InChI is InChI=1S/C15H16FN3OS/c1-2-3-12-18-19-14(21-12)17-13(20)15(8-9-15)10-4-6-11(16)7-5-10/h4-7H,2-3,8-9H2,1H3,(H,17,19,20). The van der Waals surface area contributed by atoms with Crippen LogP contribution >= 0.6 is 11.3 Å². The Hall–Kier alpha value is -1.82. The van der Waals surface area contributed by atoms with Gasteiger partial charge in [0, 0.05) is 6.42 Å². The Morgan fingerprint density at radius 2 is 2.05 bits per heavy atom. The maximum atomic E-state index is 13.0. The van der Waals surface area contributed by atoms with Crippen molar-refractivity contribution in [2.75, 3.05) is 5.32 Å². The number of anilines is 1. The average Bonchev–Trinajstić information content (AvgIpc) is 3.17. The van der Waals surface area contributed by atoms with E-state index >= 15 is 0 Å². The number of carbonyl (C=O) groups excluding carboxylic acids is 1. The number of rotatable bonds is 5. The van der Waals surface area contributed by atoms with Gasteiger partial charge in [-0.15, -0.1) is 10.2 Å². The molecule has 1 aliphatic carbocycles. The van der Waals surface area contributed by atoms with Crippen molar-refractivity contribution in [1.29, 1.82) is 0 Å². The van der Waals surface area contributed by atoms with Gasteiger partial charge in [-0.05, 0) is 37.0 Å². The van der Waals surface area contributed by atoms with Crippen molar-refractivity contribution in [3.05, 3.63) is 40.7 Å². The first-order chi connectivity index (χ1) is 10.1. The average molecular weight is 305 g/mol. The van der Waals surface area contributed by atoms with Gasteiger partial charge < -0.3 is 0 Å². The highest BCUT2D eigenvalue weighted by Crippen LogP contribution is 2.49. The monoisotopic (exact) mass is 305 g/mol. The molecule has 6 heteroatoms. The molecule has 1 aromatic heterocycles. The van der Waals surface area contributed by atoms with Gasteiger partial charge in [0.15, 0.2) is 0 Å². The Balaban J connectivity index is 1.73. The topological polar surface area (TPSA) is 54.9 Å². The van der Waals surface area contributed by atoms with Crippen LogP contribution in [0.1, 0.15) is 36.8 Å². The number of carbonyl (C=O) groups is 1. The first-order valence-electron chi connectivity index (χ1n) is 7.04. The van der Waals surface area contributed by atoms with Gasteiger partial charge in [-0.25, -0.2) is 4.39 Å². The number of halogens is 1. The molecule has 21 heavy (non-hydrogen) atoms. The molecule has 3 rings (SSSR count). The molecule has 1 aliphatic rings. The maximum Gasteiger partial charge on any atom is 0.236 e. The third-order valence-electron chi connectivity index (χ3n) is 3.73. The Labute approximate surface area is 126 Å². The lowest BCUT2D eigenvalue weighted by atomic mass is 9.95. The molecule has 0 radical (unpaired) electrons. The van der Waals surface area contributed by atoms with Gasteiger partial charge in [-0.2, -0.15) is 0 Å². The molecule has 1 fully saturated rings. The molecule has 0 bridgehead atoms. The van der Waals surface area contributed by atoms with E-state index in [9.17, 15) is 9.18 Å². The fourth-order valence-corrected chi connectivity index (χ4v) is 3.21. The summed E-state index contributed by atoms with van der Waals surface area (Å²) in [6.45, 7) is 2.08. The number of amides is 1. The summed E-state index contributed by atoms with van der Waals surface area (Å²) in [5.41, 5.74) is 0.337. The normalized spacial score (nSPS) is 15.7. The van der Waals surface area contributed by atoms with E-state index in [2.05, 4.69) is 22.4 Å². The third kappa shape index (κ3) is 2.81. The van der Waals surface area contributed by atoms with Crippen LogP contribution in [0, 0.1) is 5.82 Å². The molecule has 1 N–H and O–H groups in total. The minimum Gasteiger partial charge on any atom is -0.300 e. The summed E-state index contributed by atoms with van der Waals surface area (Å²) in [6.07, 6.45) is 3.44. The van der Waals surface area contributed by atoms with Crippen molar-refractivity contribution >= 4 is 22.4 Å². The number of aromatic nitrogens is 2. The molecule has 1 aromatic carbocycles. The predicted molar refractivity (Wildman–Crippen MR) is 79.8 cm³/mol. The van der Waals surface area contributed by atoms with E-state index < -0.39 is 5.41 Å². The maximum absolute atomic E-state index is 13.0. The lowest BCUT2D eigenvalue weighted by molar-refractivity contribution is -0.118. The molecule has 0 aliphatic heterocycles. The molecular formula is C15H16FN3OS. The number of aryl methyl sites for hydroxylation is 1. The van der Waals surface area contributed by atoms with Gasteiger partial charge in [-0.1, -0.05) is 30.4 Å². The lowest BCUT2D eigenvalue weighted by Gasteiger charge is -2.14. The second-order valence-electron chi connectivity index (χ2n) is 5.29. The molecule has 1 amide bonds. The van der Waals surface area contributed by atoms with Crippen molar-refractivity contribution in [2.24, 2.45) is 0 Å². The van der Waals surface area contributed by atoms with Crippen LogP contribution < -0.4 is 5.32 Å². The van der Waals surface area contributed by atoms with Crippen molar-refractivity contribution < 1.29 is 9.18 Å². The van der Waals surface area contributed by atoms with Gasteiger partial charge in [0.1, 0.15) is 10.8 Å². The summed E-state index contributed by atoms with van der Waals surface area (Å²) < 4.78 is 13.0. The van der Waals surface area contributed by atoms with Gasteiger partial charge in [0.25, 0.3) is 0 Å². The number of hydrogen-bond acceptors (Lipinski definition) is 4. The summed E-state index contributed by atoms with van der Waals surface area (Å²) in [5.74, 6) is -0.364. The molecule has 1 heterocycles. The highest BCUT2D eigenvalue weighted by Gasteiger charge is 2.51. The van der Waals surface area contributed by atoms with Crippen LogP contribution in [-0.2, 0) is 16.6 Å². The number of nitrogens with zero attached hydrogens (tertiary/aromatic N) is 2. The molecule has 0 saturated heterocycles. The highest BCUT2D eigenvalue weighted by atomic mass is 32.1. The van der Waals surface area contributed by atoms with E-state index in [0.29, 0.717) is 5.13 Å². The molecule has 2 aromatic rings. The van der Waals surface area contributed by atoms with E-state index in [-0.39, 0.29) is 11.7 Å². The minimum absolute atomic E-state index is 0.0756. The Morgan fingerprint density at radius 1 is 1.33 bits per heavy atom. The van der Waals surface area contributed by atoms with Crippen molar-refractivity contribution in [1.82, 2.24) is 10.2 Å². The SMILES string of the molecule is CCCc1nnc(NC(=O)C2(c3ccc(F)cc3)CC2)s1. The Morgan fingerprint density at radius 3 is 2.67 bits per heavy atom. The molecule has 110 valence electrons. The largest absolute Gasteiger partial charge is 0.300 e. The van der Waals surface area contributed by atoms with Crippen LogP contribution in [-0.4, -0.2) is 16.1 Å². The molecular weight excluding hydrogens is 289 g/mol. The smallest absolute Gasteiger partial charge is 0.236 e. The number of hydrogen-bond donors (Lipinski definition) is 1. The zero-order valence-corrected chi connectivity index (χ0v) is 12.5. The van der Waals surface area contributed by atoms with Crippen molar-refractivity contribution in [2.45, 2.75) is 38.0 Å². The summed E-state index contributed by atoms with van der Waals surface area (Å²) in [4.78, 5) is 12.5. The summed E-state index contributed by atoms with van der Waals surface area (Å²) in [7, 11) is 0. The fourth-order valence-electron chi connectivity index (χ4n) is 2.38. The Bertz CT molecular complexity index is 649.